The predicted molar refractivity (Wildman–Crippen MR) is 92.1 cm³/mol. The number of hydrogen-bond acceptors (Lipinski definition) is 7. The zero-order valence-electron chi connectivity index (χ0n) is 13.9. The second-order valence-corrected chi connectivity index (χ2v) is 5.77. The average molecular weight is 360 g/mol. The van der Waals surface area contributed by atoms with E-state index in [9.17, 15) is 9.59 Å². The quantitative estimate of drug-likeness (QED) is 0.796. The van der Waals surface area contributed by atoms with Crippen molar-refractivity contribution < 1.29 is 23.8 Å². The van der Waals surface area contributed by atoms with Crippen molar-refractivity contribution in [1.82, 2.24) is 0 Å². The SMILES string of the molecule is COc1cccc(C(=O)OC(C)C(=O)Nc2sccc2C#N)c1OC. The zero-order valence-corrected chi connectivity index (χ0v) is 14.7. The van der Waals surface area contributed by atoms with Crippen LogP contribution >= 0.6 is 11.3 Å². The summed E-state index contributed by atoms with van der Waals surface area (Å²) in [6.07, 6.45) is -1.06. The molecule has 1 unspecified atom stereocenters. The molecule has 1 aromatic carbocycles. The first-order chi connectivity index (χ1) is 12.0. The molecule has 1 amide bonds. The summed E-state index contributed by atoms with van der Waals surface area (Å²) in [6, 6.07) is 8.35. The molecule has 0 radical (unpaired) electrons. The van der Waals surface area contributed by atoms with E-state index >= 15 is 0 Å². The molecular weight excluding hydrogens is 344 g/mol. The third-order valence-corrected chi connectivity index (χ3v) is 4.13. The molecule has 0 bridgehead atoms. The molecule has 2 rings (SSSR count). The Morgan fingerprint density at radius 1 is 1.24 bits per heavy atom. The van der Waals surface area contributed by atoms with Crippen LogP contribution in [0.4, 0.5) is 5.00 Å². The first-order valence-electron chi connectivity index (χ1n) is 7.22. The summed E-state index contributed by atoms with van der Waals surface area (Å²) in [5.41, 5.74) is 0.502. The molecule has 0 saturated carbocycles. The first-order valence-corrected chi connectivity index (χ1v) is 8.10. The minimum absolute atomic E-state index is 0.148. The number of nitrogens with one attached hydrogen (secondary N) is 1. The fourth-order valence-electron chi connectivity index (χ4n) is 2.03. The zero-order chi connectivity index (χ0) is 18.4. The highest BCUT2D eigenvalue weighted by Crippen LogP contribution is 2.31. The van der Waals surface area contributed by atoms with Crippen LogP contribution in [0.25, 0.3) is 0 Å². The second-order valence-electron chi connectivity index (χ2n) is 4.85. The Labute approximate surface area is 148 Å². The van der Waals surface area contributed by atoms with Crippen LogP contribution in [0.15, 0.2) is 29.6 Å². The van der Waals surface area contributed by atoms with Crippen LogP contribution in [0.3, 0.4) is 0 Å². The molecule has 2 aromatic rings. The van der Waals surface area contributed by atoms with Gasteiger partial charge in [0.05, 0.1) is 19.8 Å². The Hall–Kier alpha value is -3.05. The number of carbonyl (C=O) groups excluding carboxylic acids is 2. The third kappa shape index (κ3) is 4.08. The van der Waals surface area contributed by atoms with Gasteiger partial charge in [-0.15, -0.1) is 11.3 Å². The Bertz CT molecular complexity index is 825. The number of hydrogen-bond donors (Lipinski definition) is 1. The molecule has 0 aliphatic rings. The third-order valence-electron chi connectivity index (χ3n) is 3.30. The Balaban J connectivity index is 2.10. The fraction of sp³-hybridized carbons (Fsp3) is 0.235. The molecule has 0 aliphatic carbocycles. The maximum atomic E-state index is 12.3. The van der Waals surface area contributed by atoms with Gasteiger partial charge in [-0.25, -0.2) is 4.79 Å². The van der Waals surface area contributed by atoms with E-state index < -0.39 is 18.0 Å². The van der Waals surface area contributed by atoms with Crippen LogP contribution in [-0.4, -0.2) is 32.2 Å². The largest absolute Gasteiger partial charge is 0.493 e. The summed E-state index contributed by atoms with van der Waals surface area (Å²) in [7, 11) is 2.86. The van der Waals surface area contributed by atoms with Crippen molar-refractivity contribution in [3.8, 4) is 17.6 Å². The van der Waals surface area contributed by atoms with E-state index in [4.69, 9.17) is 19.5 Å². The predicted octanol–water partition coefficient (Wildman–Crippen LogP) is 2.82. The standard InChI is InChI=1S/C17H16N2O5S/c1-10(15(20)19-16-11(9-18)7-8-25-16)24-17(21)12-5-4-6-13(22-2)14(12)23-3/h4-8,10H,1-3H3,(H,19,20). The minimum atomic E-state index is -1.06. The van der Waals surface area contributed by atoms with Crippen molar-refractivity contribution in [2.45, 2.75) is 13.0 Å². The van der Waals surface area contributed by atoms with E-state index in [0.29, 0.717) is 16.3 Å². The van der Waals surface area contributed by atoms with Gasteiger partial charge < -0.3 is 19.5 Å². The highest BCUT2D eigenvalue weighted by Gasteiger charge is 2.23. The van der Waals surface area contributed by atoms with Crippen LogP contribution in [0.5, 0.6) is 11.5 Å². The van der Waals surface area contributed by atoms with Gasteiger partial charge >= 0.3 is 5.97 Å². The van der Waals surface area contributed by atoms with Gasteiger partial charge in [0.1, 0.15) is 16.6 Å². The number of esters is 1. The van der Waals surface area contributed by atoms with Crippen LogP contribution in [-0.2, 0) is 9.53 Å². The summed E-state index contributed by atoms with van der Waals surface area (Å²) < 4.78 is 15.5. The number of benzene rings is 1. The fourth-order valence-corrected chi connectivity index (χ4v) is 2.77. The monoisotopic (exact) mass is 360 g/mol. The van der Waals surface area contributed by atoms with E-state index in [1.165, 1.54) is 38.5 Å². The highest BCUT2D eigenvalue weighted by atomic mass is 32.1. The smallest absolute Gasteiger partial charge is 0.342 e. The Morgan fingerprint density at radius 3 is 2.64 bits per heavy atom. The van der Waals surface area contributed by atoms with Gasteiger partial charge in [0.15, 0.2) is 17.6 Å². The lowest BCUT2D eigenvalue weighted by Crippen LogP contribution is -2.30. The van der Waals surface area contributed by atoms with Crippen molar-refractivity contribution in [2.24, 2.45) is 0 Å². The number of thiophene rings is 1. The molecule has 130 valence electrons. The molecule has 1 atom stereocenters. The lowest BCUT2D eigenvalue weighted by molar-refractivity contribution is -0.123. The summed E-state index contributed by atoms with van der Waals surface area (Å²) in [6.45, 7) is 1.44. The van der Waals surface area contributed by atoms with Gasteiger partial charge in [-0.1, -0.05) is 6.07 Å². The van der Waals surface area contributed by atoms with E-state index in [0.717, 1.165) is 0 Å². The molecule has 8 heteroatoms. The molecule has 1 heterocycles. The van der Waals surface area contributed by atoms with E-state index in [-0.39, 0.29) is 11.3 Å². The topological polar surface area (TPSA) is 97.6 Å². The maximum absolute atomic E-state index is 12.3. The average Bonchev–Trinajstić information content (AvgIpc) is 3.07. The minimum Gasteiger partial charge on any atom is -0.493 e. The van der Waals surface area contributed by atoms with Crippen molar-refractivity contribution in [2.75, 3.05) is 19.5 Å². The number of nitriles is 1. The molecule has 25 heavy (non-hydrogen) atoms. The molecule has 1 aromatic heterocycles. The molecule has 0 spiro atoms. The summed E-state index contributed by atoms with van der Waals surface area (Å²) in [4.78, 5) is 24.5. The van der Waals surface area contributed by atoms with Gasteiger partial charge in [-0.05, 0) is 30.5 Å². The lowest BCUT2D eigenvalue weighted by Gasteiger charge is -2.15. The number of methoxy groups -OCH3 is 2. The Kier molecular flexibility index (Phi) is 5.98. The number of para-hydroxylation sites is 1. The number of rotatable bonds is 6. The number of nitrogens with zero attached hydrogens (tertiary/aromatic N) is 1. The van der Waals surface area contributed by atoms with E-state index in [2.05, 4.69) is 5.32 Å². The van der Waals surface area contributed by atoms with E-state index in [1.54, 1.807) is 23.6 Å². The van der Waals surface area contributed by atoms with Gasteiger partial charge in [0, 0.05) is 0 Å². The number of ether oxygens (including phenoxy) is 3. The Morgan fingerprint density at radius 2 is 2.00 bits per heavy atom. The lowest BCUT2D eigenvalue weighted by atomic mass is 10.2. The summed E-state index contributed by atoms with van der Waals surface area (Å²) in [5.74, 6) is -0.641. The summed E-state index contributed by atoms with van der Waals surface area (Å²) >= 11 is 1.21. The van der Waals surface area contributed by atoms with Crippen LogP contribution in [0.2, 0.25) is 0 Å². The second kappa shape index (κ2) is 8.17. The van der Waals surface area contributed by atoms with Crippen molar-refractivity contribution in [3.05, 3.63) is 40.8 Å². The van der Waals surface area contributed by atoms with Gasteiger partial charge in [0.25, 0.3) is 5.91 Å². The highest BCUT2D eigenvalue weighted by molar-refractivity contribution is 7.14. The molecular formula is C17H16N2O5S. The van der Waals surface area contributed by atoms with E-state index in [1.807, 2.05) is 6.07 Å². The van der Waals surface area contributed by atoms with Crippen molar-refractivity contribution in [1.29, 1.82) is 5.26 Å². The molecule has 1 N–H and O–H groups in total. The van der Waals surface area contributed by atoms with Crippen molar-refractivity contribution >= 4 is 28.2 Å². The van der Waals surface area contributed by atoms with Gasteiger partial charge in [-0.2, -0.15) is 5.26 Å². The first kappa shape index (κ1) is 18.3. The summed E-state index contributed by atoms with van der Waals surface area (Å²) in [5, 5.41) is 13.6. The molecule has 0 fully saturated rings. The maximum Gasteiger partial charge on any atom is 0.342 e. The van der Waals surface area contributed by atoms with Crippen LogP contribution in [0.1, 0.15) is 22.8 Å². The van der Waals surface area contributed by atoms with Crippen molar-refractivity contribution in [3.63, 3.8) is 0 Å². The molecule has 7 nitrogen and oxygen atoms in total. The molecule has 0 aliphatic heterocycles. The normalized spacial score (nSPS) is 11.1. The van der Waals surface area contributed by atoms with Gasteiger partial charge in [-0.3, -0.25) is 4.79 Å². The van der Waals surface area contributed by atoms with Crippen LogP contribution in [0, 0.1) is 11.3 Å². The van der Waals surface area contributed by atoms with Crippen LogP contribution < -0.4 is 14.8 Å². The number of anilines is 1. The van der Waals surface area contributed by atoms with Gasteiger partial charge in [0.2, 0.25) is 0 Å². The number of amides is 1. The molecule has 0 saturated heterocycles. The number of carbonyl (C=O) groups is 2.